The molecule has 0 unspecified atom stereocenters. The summed E-state index contributed by atoms with van der Waals surface area (Å²) in [4.78, 5) is 26.0. The van der Waals surface area contributed by atoms with Crippen molar-refractivity contribution in [1.29, 1.82) is 0 Å². The summed E-state index contributed by atoms with van der Waals surface area (Å²) in [6, 6.07) is 18.2. The van der Waals surface area contributed by atoms with E-state index in [-0.39, 0.29) is 18.2 Å². The molecule has 6 heteroatoms. The number of aryl methyl sites for hydroxylation is 2. The molecule has 1 amide bonds. The molecule has 0 saturated heterocycles. The number of aromatic nitrogens is 3. The van der Waals surface area contributed by atoms with Gasteiger partial charge in [0.05, 0.1) is 12.1 Å². The number of amides is 1. The summed E-state index contributed by atoms with van der Waals surface area (Å²) in [5.74, 6) is 0.129. The summed E-state index contributed by atoms with van der Waals surface area (Å²) in [5.41, 5.74) is 3.92. The molecule has 2 aromatic carbocycles. The molecule has 0 spiro atoms. The zero-order valence-corrected chi connectivity index (χ0v) is 16.2. The maximum absolute atomic E-state index is 13.1. The zero-order valence-electron chi connectivity index (χ0n) is 16.2. The number of nitrogens with one attached hydrogen (secondary N) is 1. The molecule has 4 rings (SSSR count). The fourth-order valence-corrected chi connectivity index (χ4v) is 3.27. The maximum atomic E-state index is 13.1. The van der Waals surface area contributed by atoms with Crippen LogP contribution in [0, 0.1) is 13.8 Å². The molecule has 4 aromatic rings. The lowest BCUT2D eigenvalue weighted by Crippen LogP contribution is -2.26. The van der Waals surface area contributed by atoms with Gasteiger partial charge in [0.2, 0.25) is 0 Å². The second kappa shape index (κ2) is 7.67. The van der Waals surface area contributed by atoms with Crippen LogP contribution in [-0.2, 0) is 6.54 Å². The Labute approximate surface area is 168 Å². The van der Waals surface area contributed by atoms with Crippen LogP contribution in [0.2, 0.25) is 0 Å². The molecule has 29 heavy (non-hydrogen) atoms. The lowest BCUT2D eigenvalue weighted by atomic mass is 9.94. The van der Waals surface area contributed by atoms with Crippen LogP contribution >= 0.6 is 0 Å². The molecule has 0 aliphatic carbocycles. The number of fused-ring (bicyclic) bond motifs is 1. The number of carbonyl (C=O) groups excluding carboxylic acids is 2. The Morgan fingerprint density at radius 3 is 2.48 bits per heavy atom. The lowest BCUT2D eigenvalue weighted by Gasteiger charge is -2.11. The molecule has 0 saturated carbocycles. The highest BCUT2D eigenvalue weighted by atomic mass is 16.2. The van der Waals surface area contributed by atoms with Crippen molar-refractivity contribution in [2.45, 2.75) is 20.4 Å². The average molecular weight is 384 g/mol. The smallest absolute Gasteiger partial charge is 0.252 e. The summed E-state index contributed by atoms with van der Waals surface area (Å²) in [6.07, 6.45) is 1.84. The van der Waals surface area contributed by atoms with Crippen molar-refractivity contribution in [3.8, 4) is 0 Å². The van der Waals surface area contributed by atoms with Crippen molar-refractivity contribution in [2.24, 2.45) is 0 Å². The van der Waals surface area contributed by atoms with Gasteiger partial charge >= 0.3 is 0 Å². The first-order valence-electron chi connectivity index (χ1n) is 9.32. The van der Waals surface area contributed by atoms with Crippen molar-refractivity contribution in [3.63, 3.8) is 0 Å². The minimum Gasteiger partial charge on any atom is -0.345 e. The van der Waals surface area contributed by atoms with Crippen molar-refractivity contribution < 1.29 is 9.59 Å². The standard InChI is InChI=1S/C23H20N4O2/c1-15-10-11-16(2)19(13-15)22(28)17-7-3-4-8-18(17)23(29)24-14-21-26-25-20-9-5-6-12-27(20)21/h3-13H,14H2,1-2H3,(H,24,29). The van der Waals surface area contributed by atoms with Crippen LogP contribution in [0.1, 0.15) is 43.2 Å². The van der Waals surface area contributed by atoms with Gasteiger partial charge in [0.1, 0.15) is 0 Å². The van der Waals surface area contributed by atoms with E-state index in [9.17, 15) is 9.59 Å². The number of hydrogen-bond acceptors (Lipinski definition) is 4. The van der Waals surface area contributed by atoms with Crippen LogP contribution in [0.25, 0.3) is 5.65 Å². The number of rotatable bonds is 5. The van der Waals surface area contributed by atoms with Gasteiger partial charge in [-0.1, -0.05) is 42.0 Å². The van der Waals surface area contributed by atoms with Crippen LogP contribution in [0.5, 0.6) is 0 Å². The Bertz CT molecular complexity index is 1230. The van der Waals surface area contributed by atoms with Gasteiger partial charge in [-0.15, -0.1) is 10.2 Å². The zero-order chi connectivity index (χ0) is 20.4. The molecular weight excluding hydrogens is 364 g/mol. The van der Waals surface area contributed by atoms with Crippen molar-refractivity contribution in [1.82, 2.24) is 19.9 Å². The maximum Gasteiger partial charge on any atom is 0.252 e. The van der Waals surface area contributed by atoms with Crippen molar-refractivity contribution >= 4 is 17.3 Å². The third-order valence-electron chi connectivity index (χ3n) is 4.85. The topological polar surface area (TPSA) is 76.4 Å². The first kappa shape index (κ1) is 18.6. The number of benzene rings is 2. The lowest BCUT2D eigenvalue weighted by molar-refractivity contribution is 0.0938. The average Bonchev–Trinajstić information content (AvgIpc) is 3.16. The Kier molecular flexibility index (Phi) is 4.91. The summed E-state index contributed by atoms with van der Waals surface area (Å²) < 4.78 is 1.81. The van der Waals surface area contributed by atoms with Gasteiger partial charge in [0, 0.05) is 17.3 Å². The third kappa shape index (κ3) is 3.65. The molecule has 2 aromatic heterocycles. The fourth-order valence-electron chi connectivity index (χ4n) is 3.27. The highest BCUT2D eigenvalue weighted by Gasteiger charge is 2.19. The van der Waals surface area contributed by atoms with Crippen molar-refractivity contribution in [3.05, 3.63) is 101 Å². The predicted octanol–water partition coefficient (Wildman–Crippen LogP) is 3.51. The molecule has 1 N–H and O–H groups in total. The molecular formula is C23H20N4O2. The molecule has 0 bridgehead atoms. The monoisotopic (exact) mass is 384 g/mol. The van der Waals surface area contributed by atoms with Crippen LogP contribution in [-0.4, -0.2) is 26.3 Å². The minimum atomic E-state index is -0.327. The minimum absolute atomic E-state index is 0.162. The first-order valence-corrected chi connectivity index (χ1v) is 9.32. The SMILES string of the molecule is Cc1ccc(C)c(C(=O)c2ccccc2C(=O)NCc2nnc3ccccn23)c1. The van der Waals surface area contributed by atoms with E-state index in [4.69, 9.17) is 0 Å². The normalized spacial score (nSPS) is 10.8. The van der Waals surface area contributed by atoms with E-state index in [1.165, 1.54) is 0 Å². The van der Waals surface area contributed by atoms with E-state index in [2.05, 4.69) is 15.5 Å². The van der Waals surface area contributed by atoms with E-state index >= 15 is 0 Å². The number of carbonyl (C=O) groups is 2. The van der Waals surface area contributed by atoms with Crippen LogP contribution in [0.3, 0.4) is 0 Å². The largest absolute Gasteiger partial charge is 0.345 e. The summed E-state index contributed by atoms with van der Waals surface area (Å²) in [5, 5.41) is 11.1. The van der Waals surface area contributed by atoms with E-state index in [1.807, 2.05) is 60.8 Å². The Morgan fingerprint density at radius 2 is 1.66 bits per heavy atom. The predicted molar refractivity (Wildman–Crippen MR) is 110 cm³/mol. The molecule has 2 heterocycles. The van der Waals surface area contributed by atoms with Gasteiger partial charge in [-0.25, -0.2) is 0 Å². The third-order valence-corrected chi connectivity index (χ3v) is 4.85. The van der Waals surface area contributed by atoms with E-state index in [1.54, 1.807) is 24.3 Å². The van der Waals surface area contributed by atoms with E-state index in [0.29, 0.717) is 28.2 Å². The van der Waals surface area contributed by atoms with Crippen LogP contribution < -0.4 is 5.32 Å². The van der Waals surface area contributed by atoms with Crippen LogP contribution in [0.4, 0.5) is 0 Å². The van der Waals surface area contributed by atoms with Gasteiger partial charge < -0.3 is 5.32 Å². The second-order valence-corrected chi connectivity index (χ2v) is 6.92. The number of ketones is 1. The molecule has 0 atom stereocenters. The van der Waals surface area contributed by atoms with Crippen LogP contribution in [0.15, 0.2) is 66.9 Å². The summed E-state index contributed by atoms with van der Waals surface area (Å²) in [6.45, 7) is 4.04. The molecule has 0 radical (unpaired) electrons. The fraction of sp³-hybridized carbons (Fsp3) is 0.130. The molecule has 0 fully saturated rings. The van der Waals surface area contributed by atoms with E-state index in [0.717, 1.165) is 11.1 Å². The Morgan fingerprint density at radius 1 is 0.897 bits per heavy atom. The van der Waals surface area contributed by atoms with Gasteiger partial charge in [-0.2, -0.15) is 0 Å². The summed E-state index contributed by atoms with van der Waals surface area (Å²) in [7, 11) is 0. The molecule has 0 aliphatic heterocycles. The first-order chi connectivity index (χ1) is 14.0. The number of pyridine rings is 1. The van der Waals surface area contributed by atoms with Gasteiger partial charge in [0.25, 0.3) is 5.91 Å². The van der Waals surface area contributed by atoms with E-state index < -0.39 is 0 Å². The number of hydrogen-bond donors (Lipinski definition) is 1. The highest BCUT2D eigenvalue weighted by Crippen LogP contribution is 2.19. The highest BCUT2D eigenvalue weighted by molar-refractivity contribution is 6.15. The quantitative estimate of drug-likeness (QED) is 0.534. The Balaban J connectivity index is 1.60. The molecule has 6 nitrogen and oxygen atoms in total. The van der Waals surface area contributed by atoms with Gasteiger partial charge in [0.15, 0.2) is 17.3 Å². The van der Waals surface area contributed by atoms with Crippen molar-refractivity contribution in [2.75, 3.05) is 0 Å². The van der Waals surface area contributed by atoms with Gasteiger partial charge in [-0.05, 0) is 43.7 Å². The summed E-state index contributed by atoms with van der Waals surface area (Å²) >= 11 is 0. The van der Waals surface area contributed by atoms with Gasteiger partial charge in [-0.3, -0.25) is 14.0 Å². The molecule has 0 aliphatic rings. The second-order valence-electron chi connectivity index (χ2n) is 6.92. The number of nitrogens with zero attached hydrogens (tertiary/aromatic N) is 3. The Hall–Kier alpha value is -3.80. The molecule has 144 valence electrons.